The van der Waals surface area contributed by atoms with Gasteiger partial charge in [-0.2, -0.15) is 13.2 Å². The lowest BCUT2D eigenvalue weighted by atomic mass is 9.99. The first-order valence-corrected chi connectivity index (χ1v) is 4.97. The van der Waals surface area contributed by atoms with E-state index in [9.17, 15) is 18.3 Å². The minimum Gasteiger partial charge on any atom is -0.387 e. The van der Waals surface area contributed by atoms with Crippen LogP contribution in [-0.4, -0.2) is 11.1 Å². The number of nitrogens with two attached hydrogens (primary N) is 1. The molecule has 0 amide bonds. The maximum atomic E-state index is 12.4. The summed E-state index contributed by atoms with van der Waals surface area (Å²) < 4.78 is 37.2. The van der Waals surface area contributed by atoms with E-state index in [4.69, 9.17) is 5.73 Å². The van der Waals surface area contributed by atoms with Gasteiger partial charge in [-0.15, -0.1) is 0 Å². The summed E-state index contributed by atoms with van der Waals surface area (Å²) >= 11 is 0. The molecule has 0 aliphatic heterocycles. The van der Waals surface area contributed by atoms with Gasteiger partial charge in [0.15, 0.2) is 0 Å². The number of hydrogen-bond acceptors (Lipinski definition) is 2. The van der Waals surface area contributed by atoms with E-state index in [1.54, 1.807) is 6.92 Å². The molecule has 0 aromatic heterocycles. The molecule has 0 saturated carbocycles. The first-order valence-electron chi connectivity index (χ1n) is 4.97. The van der Waals surface area contributed by atoms with Crippen molar-refractivity contribution < 1.29 is 18.3 Å². The van der Waals surface area contributed by atoms with Crippen LogP contribution in [0.4, 0.5) is 13.2 Å². The number of hydrogen-bond donors (Lipinski definition) is 2. The molecule has 90 valence electrons. The van der Waals surface area contributed by atoms with Gasteiger partial charge in [0, 0.05) is 6.04 Å². The topological polar surface area (TPSA) is 46.2 Å². The predicted octanol–water partition coefficient (Wildman–Crippen LogP) is 2.48. The molecule has 2 nitrogen and oxygen atoms in total. The van der Waals surface area contributed by atoms with Crippen molar-refractivity contribution in [3.05, 3.63) is 35.4 Å². The molecule has 2 atom stereocenters. The first-order chi connectivity index (χ1) is 7.36. The Hall–Kier alpha value is -1.07. The number of aliphatic hydroxyl groups excluding tert-OH is 1. The molecule has 0 aliphatic rings. The van der Waals surface area contributed by atoms with Gasteiger partial charge in [0.25, 0.3) is 0 Å². The Morgan fingerprint density at radius 3 is 2.50 bits per heavy atom. The van der Waals surface area contributed by atoms with Crippen LogP contribution in [-0.2, 0) is 6.18 Å². The average Bonchev–Trinajstić information content (AvgIpc) is 2.26. The largest absolute Gasteiger partial charge is 0.416 e. The molecular weight excluding hydrogens is 219 g/mol. The standard InChI is InChI=1S/C11H14F3NO/c1-2-9(15)10(16)7-4-3-5-8(6-7)11(12,13)14/h3-6,9-10,16H,2,15H2,1H3. The quantitative estimate of drug-likeness (QED) is 0.842. The van der Waals surface area contributed by atoms with Gasteiger partial charge < -0.3 is 10.8 Å². The maximum absolute atomic E-state index is 12.4. The molecule has 0 fully saturated rings. The summed E-state index contributed by atoms with van der Waals surface area (Å²) in [5, 5.41) is 9.69. The molecule has 1 rings (SSSR count). The van der Waals surface area contributed by atoms with Crippen molar-refractivity contribution >= 4 is 0 Å². The number of halogens is 3. The van der Waals surface area contributed by atoms with E-state index in [0.29, 0.717) is 6.42 Å². The van der Waals surface area contributed by atoms with E-state index in [-0.39, 0.29) is 5.56 Å². The van der Waals surface area contributed by atoms with Crippen LogP contribution in [0.25, 0.3) is 0 Å². The minimum absolute atomic E-state index is 0.198. The Balaban J connectivity index is 2.99. The van der Waals surface area contributed by atoms with Gasteiger partial charge in [0.2, 0.25) is 0 Å². The second-order valence-corrected chi connectivity index (χ2v) is 3.64. The Labute approximate surface area is 91.9 Å². The fourth-order valence-corrected chi connectivity index (χ4v) is 1.37. The van der Waals surface area contributed by atoms with Crippen LogP contribution in [0.5, 0.6) is 0 Å². The van der Waals surface area contributed by atoms with Crippen LogP contribution >= 0.6 is 0 Å². The normalized spacial score (nSPS) is 15.9. The van der Waals surface area contributed by atoms with Crippen LogP contribution in [0.2, 0.25) is 0 Å². The van der Waals surface area contributed by atoms with E-state index in [1.165, 1.54) is 12.1 Å². The predicted molar refractivity (Wildman–Crippen MR) is 54.7 cm³/mol. The molecule has 0 heterocycles. The van der Waals surface area contributed by atoms with E-state index >= 15 is 0 Å². The number of benzene rings is 1. The number of alkyl halides is 3. The van der Waals surface area contributed by atoms with E-state index < -0.39 is 23.9 Å². The lowest BCUT2D eigenvalue weighted by Gasteiger charge is -2.18. The number of rotatable bonds is 3. The van der Waals surface area contributed by atoms with E-state index in [1.807, 2.05) is 0 Å². The Kier molecular flexibility index (Phi) is 3.93. The average molecular weight is 233 g/mol. The van der Waals surface area contributed by atoms with Gasteiger partial charge in [-0.1, -0.05) is 19.1 Å². The Morgan fingerprint density at radius 1 is 1.38 bits per heavy atom. The summed E-state index contributed by atoms with van der Waals surface area (Å²) in [6.45, 7) is 1.77. The fraction of sp³-hybridized carbons (Fsp3) is 0.455. The monoisotopic (exact) mass is 233 g/mol. The molecule has 0 aliphatic carbocycles. The fourth-order valence-electron chi connectivity index (χ4n) is 1.37. The van der Waals surface area contributed by atoms with Crippen molar-refractivity contribution in [3.8, 4) is 0 Å². The Bertz CT molecular complexity index is 351. The highest BCUT2D eigenvalue weighted by Gasteiger charge is 2.31. The van der Waals surface area contributed by atoms with Gasteiger partial charge in [0.05, 0.1) is 11.7 Å². The van der Waals surface area contributed by atoms with Crippen molar-refractivity contribution in [1.82, 2.24) is 0 Å². The summed E-state index contributed by atoms with van der Waals surface area (Å²) in [6.07, 6.45) is -4.96. The van der Waals surface area contributed by atoms with Crippen molar-refractivity contribution in [1.29, 1.82) is 0 Å². The van der Waals surface area contributed by atoms with Crippen LogP contribution in [0.3, 0.4) is 0 Å². The van der Waals surface area contributed by atoms with Gasteiger partial charge in [0.1, 0.15) is 0 Å². The summed E-state index contributed by atoms with van der Waals surface area (Å²) in [7, 11) is 0. The van der Waals surface area contributed by atoms with Crippen LogP contribution in [0.15, 0.2) is 24.3 Å². The van der Waals surface area contributed by atoms with E-state index in [0.717, 1.165) is 12.1 Å². The Morgan fingerprint density at radius 2 is 2.00 bits per heavy atom. The first kappa shape index (κ1) is 13.0. The molecule has 0 saturated heterocycles. The van der Waals surface area contributed by atoms with Crippen LogP contribution in [0.1, 0.15) is 30.6 Å². The number of aliphatic hydroxyl groups is 1. The highest BCUT2D eigenvalue weighted by Crippen LogP contribution is 2.31. The minimum atomic E-state index is -4.40. The van der Waals surface area contributed by atoms with Gasteiger partial charge in [-0.05, 0) is 24.1 Å². The zero-order valence-electron chi connectivity index (χ0n) is 8.83. The summed E-state index contributed by atoms with van der Waals surface area (Å²) in [6, 6.07) is 4.05. The zero-order chi connectivity index (χ0) is 12.3. The third-order valence-electron chi connectivity index (χ3n) is 2.43. The second kappa shape index (κ2) is 4.84. The zero-order valence-corrected chi connectivity index (χ0v) is 8.83. The van der Waals surface area contributed by atoms with Crippen molar-refractivity contribution in [2.24, 2.45) is 5.73 Å². The molecular formula is C11H14F3NO. The summed E-state index contributed by atoms with van der Waals surface area (Å²) in [4.78, 5) is 0. The molecule has 2 unspecified atom stereocenters. The molecule has 5 heteroatoms. The molecule has 0 bridgehead atoms. The molecule has 1 aromatic carbocycles. The van der Waals surface area contributed by atoms with Gasteiger partial charge in [-0.3, -0.25) is 0 Å². The third-order valence-corrected chi connectivity index (χ3v) is 2.43. The smallest absolute Gasteiger partial charge is 0.387 e. The van der Waals surface area contributed by atoms with Gasteiger partial charge >= 0.3 is 6.18 Å². The highest BCUT2D eigenvalue weighted by molar-refractivity contribution is 5.27. The highest BCUT2D eigenvalue weighted by atomic mass is 19.4. The molecule has 16 heavy (non-hydrogen) atoms. The lowest BCUT2D eigenvalue weighted by molar-refractivity contribution is -0.137. The molecule has 1 aromatic rings. The summed E-state index contributed by atoms with van der Waals surface area (Å²) in [5.41, 5.74) is 5.00. The molecule has 0 radical (unpaired) electrons. The van der Waals surface area contributed by atoms with Crippen molar-refractivity contribution in [3.63, 3.8) is 0 Å². The van der Waals surface area contributed by atoms with Crippen molar-refractivity contribution in [2.45, 2.75) is 31.7 Å². The summed E-state index contributed by atoms with van der Waals surface area (Å²) in [5.74, 6) is 0. The second-order valence-electron chi connectivity index (χ2n) is 3.64. The SMILES string of the molecule is CCC(N)C(O)c1cccc(C(F)(F)F)c1. The van der Waals surface area contributed by atoms with Crippen LogP contribution in [0, 0.1) is 0 Å². The van der Waals surface area contributed by atoms with Crippen LogP contribution < -0.4 is 5.73 Å². The van der Waals surface area contributed by atoms with Gasteiger partial charge in [-0.25, -0.2) is 0 Å². The lowest BCUT2D eigenvalue weighted by Crippen LogP contribution is -2.27. The maximum Gasteiger partial charge on any atom is 0.416 e. The molecule has 0 spiro atoms. The van der Waals surface area contributed by atoms with E-state index in [2.05, 4.69) is 0 Å². The van der Waals surface area contributed by atoms with Crippen molar-refractivity contribution in [2.75, 3.05) is 0 Å². The third kappa shape index (κ3) is 2.96. The molecule has 3 N–H and O–H groups in total.